The molecule has 9 nitrogen and oxygen atoms in total. The highest BCUT2D eigenvalue weighted by atomic mass is 32.2. The van der Waals surface area contributed by atoms with Gasteiger partial charge in [0.15, 0.2) is 5.84 Å². The SMILES string of the molecule is CCN=N/N=C(\N)c1ccc(OCCC(C)(C)CCN2CCN(c3ccnc(N)c3)S2)cc1. The quantitative estimate of drug-likeness (QED) is 0.165. The first-order valence-corrected chi connectivity index (χ1v) is 11.9. The van der Waals surface area contributed by atoms with Gasteiger partial charge in [0.25, 0.3) is 0 Å². The van der Waals surface area contributed by atoms with Crippen LogP contribution in [0, 0.1) is 5.41 Å². The highest BCUT2D eigenvalue weighted by Gasteiger charge is 2.25. The molecule has 178 valence electrons. The number of anilines is 2. The van der Waals surface area contributed by atoms with Gasteiger partial charge in [-0.25, -0.2) is 9.29 Å². The second-order valence-corrected chi connectivity index (χ2v) is 9.74. The summed E-state index contributed by atoms with van der Waals surface area (Å²) in [5.41, 5.74) is 13.8. The lowest BCUT2D eigenvalue weighted by atomic mass is 9.86. The number of pyridine rings is 1. The summed E-state index contributed by atoms with van der Waals surface area (Å²) in [6, 6.07) is 11.5. The van der Waals surface area contributed by atoms with E-state index in [9.17, 15) is 0 Å². The van der Waals surface area contributed by atoms with Crippen LogP contribution in [0.3, 0.4) is 0 Å². The van der Waals surface area contributed by atoms with Gasteiger partial charge in [-0.15, -0.1) is 5.10 Å². The Labute approximate surface area is 200 Å². The summed E-state index contributed by atoms with van der Waals surface area (Å²) in [5, 5.41) is 11.4. The number of amidine groups is 1. The molecule has 1 aliphatic heterocycles. The summed E-state index contributed by atoms with van der Waals surface area (Å²) in [7, 11) is 0. The predicted molar refractivity (Wildman–Crippen MR) is 136 cm³/mol. The summed E-state index contributed by atoms with van der Waals surface area (Å²) in [6.07, 6.45) is 3.82. The van der Waals surface area contributed by atoms with Crippen molar-refractivity contribution in [1.29, 1.82) is 0 Å². The number of hydrogen-bond donors (Lipinski definition) is 2. The first-order chi connectivity index (χ1) is 15.9. The number of ether oxygens (including phenoxy) is 1. The smallest absolute Gasteiger partial charge is 0.155 e. The Morgan fingerprint density at radius 2 is 1.97 bits per heavy atom. The minimum Gasteiger partial charge on any atom is -0.494 e. The molecule has 0 unspecified atom stereocenters. The molecule has 2 aromatic rings. The van der Waals surface area contributed by atoms with Crippen molar-refractivity contribution < 1.29 is 4.74 Å². The molecule has 1 aromatic heterocycles. The van der Waals surface area contributed by atoms with Gasteiger partial charge in [-0.2, -0.15) is 5.11 Å². The highest BCUT2D eigenvalue weighted by Crippen LogP contribution is 2.33. The second kappa shape index (κ2) is 11.9. The van der Waals surface area contributed by atoms with E-state index in [-0.39, 0.29) is 5.41 Å². The molecule has 3 rings (SSSR count). The molecule has 0 amide bonds. The predicted octanol–water partition coefficient (Wildman–Crippen LogP) is 4.33. The van der Waals surface area contributed by atoms with Gasteiger partial charge < -0.3 is 20.5 Å². The van der Waals surface area contributed by atoms with Gasteiger partial charge >= 0.3 is 0 Å². The Bertz CT molecular complexity index is 948. The minimum atomic E-state index is 0.177. The molecule has 0 bridgehead atoms. The molecule has 1 aromatic carbocycles. The zero-order valence-corrected chi connectivity index (χ0v) is 20.5. The van der Waals surface area contributed by atoms with Crippen molar-refractivity contribution in [2.24, 2.45) is 26.6 Å². The second-order valence-electron chi connectivity index (χ2n) is 8.62. The molecule has 0 saturated carbocycles. The molecule has 10 heteroatoms. The summed E-state index contributed by atoms with van der Waals surface area (Å²) in [4.78, 5) is 4.07. The molecule has 1 aliphatic rings. The Balaban J connectivity index is 1.39. The highest BCUT2D eigenvalue weighted by molar-refractivity contribution is 7.98. The minimum absolute atomic E-state index is 0.177. The van der Waals surface area contributed by atoms with Crippen LogP contribution in [0.15, 0.2) is 58.0 Å². The molecule has 4 N–H and O–H groups in total. The van der Waals surface area contributed by atoms with Gasteiger partial charge in [-0.3, -0.25) is 0 Å². The van der Waals surface area contributed by atoms with Gasteiger partial charge in [0.2, 0.25) is 0 Å². The van der Waals surface area contributed by atoms with Crippen LogP contribution >= 0.6 is 12.1 Å². The summed E-state index contributed by atoms with van der Waals surface area (Å²) in [5.74, 6) is 1.71. The third-order valence-electron chi connectivity index (χ3n) is 5.41. The maximum absolute atomic E-state index is 5.97. The number of rotatable bonds is 11. The third kappa shape index (κ3) is 7.90. The Kier molecular flexibility index (Phi) is 8.90. The Morgan fingerprint density at radius 1 is 1.18 bits per heavy atom. The van der Waals surface area contributed by atoms with E-state index >= 15 is 0 Å². The van der Waals surface area contributed by atoms with E-state index < -0.39 is 0 Å². The van der Waals surface area contributed by atoms with Crippen molar-refractivity contribution in [3.05, 3.63) is 48.2 Å². The molecule has 2 heterocycles. The van der Waals surface area contributed by atoms with Crippen LogP contribution in [-0.2, 0) is 0 Å². The number of hydrogen-bond acceptors (Lipinski definition) is 8. The number of nitrogens with zero attached hydrogens (tertiary/aromatic N) is 6. The topological polar surface area (TPSA) is 118 Å². The standard InChI is InChI=1S/C23H34N8OS/c1-4-27-29-28-22(25)18-5-7-20(8-6-18)32-16-11-23(2,3)10-13-30-14-15-31(33-30)19-9-12-26-21(24)17-19/h5-9,12,17H,4,10-11,13-16H2,1-3H3,(H2,24,26)(H2,25,27,28). The van der Waals surface area contributed by atoms with Crippen molar-refractivity contribution in [3.8, 4) is 5.75 Å². The number of nitrogens with two attached hydrogens (primary N) is 2. The van der Waals surface area contributed by atoms with Crippen molar-refractivity contribution in [2.45, 2.75) is 33.6 Å². The molecule has 1 saturated heterocycles. The van der Waals surface area contributed by atoms with E-state index in [1.54, 1.807) is 18.3 Å². The Hall–Kier alpha value is -2.85. The normalized spacial score (nSPS) is 15.5. The van der Waals surface area contributed by atoms with Gasteiger partial charge in [-0.05, 0) is 60.7 Å². The summed E-state index contributed by atoms with van der Waals surface area (Å²) < 4.78 is 10.6. The molecule has 0 spiro atoms. The van der Waals surface area contributed by atoms with Crippen LogP contribution in [0.2, 0.25) is 0 Å². The van der Waals surface area contributed by atoms with Crippen LogP contribution in [-0.4, -0.2) is 47.9 Å². The van der Waals surface area contributed by atoms with Crippen molar-refractivity contribution in [3.63, 3.8) is 0 Å². The number of aromatic nitrogens is 1. The molecule has 33 heavy (non-hydrogen) atoms. The third-order valence-corrected chi connectivity index (χ3v) is 6.60. The first kappa shape index (κ1) is 24.8. The Morgan fingerprint density at radius 3 is 2.70 bits per heavy atom. The molecule has 0 aliphatic carbocycles. The summed E-state index contributed by atoms with van der Waals surface area (Å²) >= 11 is 1.76. The zero-order valence-electron chi connectivity index (χ0n) is 19.6. The van der Waals surface area contributed by atoms with E-state index in [1.165, 1.54) is 0 Å². The molecular formula is C23H34N8OS. The van der Waals surface area contributed by atoms with E-state index in [2.05, 4.69) is 42.9 Å². The van der Waals surface area contributed by atoms with Gasteiger partial charge in [0.1, 0.15) is 11.6 Å². The average Bonchev–Trinajstić information content (AvgIpc) is 3.28. The number of benzene rings is 1. The fraction of sp³-hybridized carbons (Fsp3) is 0.478. The maximum Gasteiger partial charge on any atom is 0.155 e. The fourth-order valence-electron chi connectivity index (χ4n) is 3.26. The van der Waals surface area contributed by atoms with Crippen LogP contribution in [0.4, 0.5) is 11.5 Å². The molecular weight excluding hydrogens is 436 g/mol. The lowest BCUT2D eigenvalue weighted by molar-refractivity contribution is 0.208. The fourth-order valence-corrected chi connectivity index (χ4v) is 4.25. The number of nitrogen functional groups attached to an aromatic ring is 1. The van der Waals surface area contributed by atoms with Crippen LogP contribution in [0.1, 0.15) is 39.2 Å². The monoisotopic (exact) mass is 470 g/mol. The molecule has 0 atom stereocenters. The lowest BCUT2D eigenvalue weighted by Crippen LogP contribution is -2.23. The van der Waals surface area contributed by atoms with Gasteiger partial charge in [0, 0.05) is 49.6 Å². The molecule has 0 radical (unpaired) electrons. The van der Waals surface area contributed by atoms with E-state index in [0.717, 1.165) is 49.5 Å². The largest absolute Gasteiger partial charge is 0.494 e. The van der Waals surface area contributed by atoms with Gasteiger partial charge in [-0.1, -0.05) is 13.8 Å². The average molecular weight is 471 g/mol. The zero-order chi connectivity index (χ0) is 23.7. The van der Waals surface area contributed by atoms with Crippen molar-refractivity contribution >= 4 is 29.5 Å². The van der Waals surface area contributed by atoms with E-state index in [4.69, 9.17) is 16.2 Å². The molecule has 1 fully saturated rings. The van der Waals surface area contributed by atoms with Crippen molar-refractivity contribution in [2.75, 3.05) is 42.8 Å². The first-order valence-electron chi connectivity index (χ1n) is 11.2. The van der Waals surface area contributed by atoms with Gasteiger partial charge in [0.05, 0.1) is 18.8 Å². The lowest BCUT2D eigenvalue weighted by Gasteiger charge is -2.27. The van der Waals surface area contributed by atoms with E-state index in [1.807, 2.05) is 43.3 Å². The van der Waals surface area contributed by atoms with Crippen molar-refractivity contribution in [1.82, 2.24) is 9.29 Å². The summed E-state index contributed by atoms with van der Waals surface area (Å²) in [6.45, 7) is 10.8. The van der Waals surface area contributed by atoms with Crippen LogP contribution in [0.5, 0.6) is 5.75 Å². The maximum atomic E-state index is 5.97. The van der Waals surface area contributed by atoms with Crippen LogP contribution in [0.25, 0.3) is 0 Å². The van der Waals surface area contributed by atoms with E-state index in [0.29, 0.717) is 24.8 Å². The van der Waals surface area contributed by atoms with Crippen LogP contribution < -0.4 is 20.5 Å².